The van der Waals surface area contributed by atoms with Gasteiger partial charge in [-0.25, -0.2) is 4.57 Å². The van der Waals surface area contributed by atoms with Crippen LogP contribution in [0, 0.1) is 0 Å². The van der Waals surface area contributed by atoms with Gasteiger partial charge in [0, 0.05) is 19.4 Å². The van der Waals surface area contributed by atoms with Crippen molar-refractivity contribution in [3.63, 3.8) is 0 Å². The average Bonchev–Trinajstić information content (AvgIpc) is 3.42. The summed E-state index contributed by atoms with van der Waals surface area (Å²) in [7, 11) is -4.39. The zero-order chi connectivity index (χ0) is 55.9. The maximum absolute atomic E-state index is 12.7. The lowest BCUT2D eigenvalue weighted by Crippen LogP contribution is -2.29. The summed E-state index contributed by atoms with van der Waals surface area (Å²) in [5.74, 6) is -0.820. The minimum atomic E-state index is -4.39. The minimum Gasteiger partial charge on any atom is -0.462 e. The number of esters is 2. The number of unbranched alkanes of at least 4 members (excludes halogenated alkanes) is 36. The van der Waals surface area contributed by atoms with Gasteiger partial charge in [0.1, 0.15) is 6.61 Å². The molecule has 448 valence electrons. The van der Waals surface area contributed by atoms with Crippen LogP contribution < -0.4 is 5.73 Å². The van der Waals surface area contributed by atoms with Gasteiger partial charge in [0.25, 0.3) is 0 Å². The Morgan fingerprint density at radius 3 is 1.08 bits per heavy atom. The number of phosphoric acid groups is 1. The van der Waals surface area contributed by atoms with E-state index in [4.69, 9.17) is 24.3 Å². The first-order valence-electron chi connectivity index (χ1n) is 32.4. The van der Waals surface area contributed by atoms with E-state index in [-0.39, 0.29) is 38.6 Å². The molecule has 0 fully saturated rings. The monoisotopic (exact) mass is 1100 g/mol. The number of rotatable bonds is 61. The lowest BCUT2D eigenvalue weighted by Gasteiger charge is -2.19. The van der Waals surface area contributed by atoms with E-state index in [1.54, 1.807) is 0 Å². The zero-order valence-corrected chi connectivity index (χ0v) is 51.1. The number of ether oxygens (including phenoxy) is 2. The second-order valence-corrected chi connectivity index (χ2v) is 23.1. The number of allylic oxidation sites excluding steroid dienone is 12. The molecule has 0 saturated carbocycles. The summed E-state index contributed by atoms with van der Waals surface area (Å²) < 4.78 is 33.1. The molecular formula is C67H122NO8P. The van der Waals surface area contributed by atoms with Crippen LogP contribution in [-0.4, -0.2) is 49.3 Å². The third kappa shape index (κ3) is 62.5. The molecule has 0 aliphatic carbocycles. The molecule has 0 bridgehead atoms. The topological polar surface area (TPSA) is 134 Å². The maximum Gasteiger partial charge on any atom is 0.472 e. The molecule has 10 heteroatoms. The molecule has 2 atom stereocenters. The number of phosphoric ester groups is 1. The Bertz CT molecular complexity index is 1490. The third-order valence-electron chi connectivity index (χ3n) is 14.1. The Morgan fingerprint density at radius 1 is 0.403 bits per heavy atom. The minimum absolute atomic E-state index is 0.0533. The van der Waals surface area contributed by atoms with Gasteiger partial charge in [-0.05, 0) is 83.5 Å². The largest absolute Gasteiger partial charge is 0.472 e. The van der Waals surface area contributed by atoms with Crippen LogP contribution in [0.3, 0.4) is 0 Å². The van der Waals surface area contributed by atoms with Gasteiger partial charge in [-0.15, -0.1) is 0 Å². The molecule has 0 amide bonds. The number of hydrogen-bond acceptors (Lipinski definition) is 8. The molecule has 0 aliphatic heterocycles. The summed E-state index contributed by atoms with van der Waals surface area (Å²) in [5.41, 5.74) is 5.39. The van der Waals surface area contributed by atoms with Gasteiger partial charge in [0.2, 0.25) is 0 Å². The molecule has 0 radical (unpaired) electrons. The normalized spacial score (nSPS) is 13.5. The van der Waals surface area contributed by atoms with Gasteiger partial charge in [-0.2, -0.15) is 0 Å². The molecule has 0 aliphatic rings. The molecule has 77 heavy (non-hydrogen) atoms. The van der Waals surface area contributed by atoms with E-state index in [1.807, 2.05) is 0 Å². The highest BCUT2D eigenvalue weighted by Gasteiger charge is 2.26. The van der Waals surface area contributed by atoms with Gasteiger partial charge in [-0.3, -0.25) is 18.6 Å². The van der Waals surface area contributed by atoms with Crippen molar-refractivity contribution in [2.45, 2.75) is 315 Å². The summed E-state index contributed by atoms with van der Waals surface area (Å²) in [6.07, 6.45) is 81.4. The Kier molecular flexibility index (Phi) is 60.6. The highest BCUT2D eigenvalue weighted by molar-refractivity contribution is 7.47. The number of carbonyl (C=O) groups is 2. The van der Waals surface area contributed by atoms with Gasteiger partial charge >= 0.3 is 19.8 Å². The van der Waals surface area contributed by atoms with E-state index in [9.17, 15) is 19.0 Å². The van der Waals surface area contributed by atoms with Crippen molar-refractivity contribution < 1.29 is 37.6 Å². The molecule has 0 aromatic heterocycles. The molecule has 0 saturated heterocycles. The lowest BCUT2D eigenvalue weighted by atomic mass is 10.0. The molecule has 2 unspecified atom stereocenters. The maximum atomic E-state index is 12.7. The fourth-order valence-corrected chi connectivity index (χ4v) is 10.1. The second kappa shape index (κ2) is 62.6. The number of hydrogen-bond donors (Lipinski definition) is 2. The lowest BCUT2D eigenvalue weighted by molar-refractivity contribution is -0.161. The van der Waals surface area contributed by atoms with Crippen LogP contribution in [0.2, 0.25) is 0 Å². The van der Waals surface area contributed by atoms with E-state index in [0.717, 1.165) is 77.0 Å². The summed E-state index contributed by atoms with van der Waals surface area (Å²) in [4.78, 5) is 35.2. The highest BCUT2D eigenvalue weighted by Crippen LogP contribution is 2.43. The van der Waals surface area contributed by atoms with Crippen molar-refractivity contribution >= 4 is 19.8 Å². The van der Waals surface area contributed by atoms with E-state index in [2.05, 4.69) is 86.8 Å². The first-order chi connectivity index (χ1) is 37.8. The first kappa shape index (κ1) is 74.5. The van der Waals surface area contributed by atoms with E-state index in [1.165, 1.54) is 199 Å². The quantitative estimate of drug-likeness (QED) is 0.0264. The van der Waals surface area contributed by atoms with Crippen LogP contribution >= 0.6 is 7.82 Å². The molecule has 3 N–H and O–H groups in total. The Balaban J connectivity index is 3.80. The molecular weight excluding hydrogens is 978 g/mol. The van der Waals surface area contributed by atoms with E-state index < -0.39 is 26.5 Å². The Labute approximate surface area is 475 Å². The van der Waals surface area contributed by atoms with Crippen LogP contribution in [0.25, 0.3) is 0 Å². The Morgan fingerprint density at radius 2 is 0.714 bits per heavy atom. The Hall–Kier alpha value is -2.55. The SMILES string of the molecule is CC/C=C\C/C=C\C/C=C\C/C=C\C/C=C\CCCCCCCCCCCCCCCCCCCCCCCCCC(=O)OC(COC(=O)CCCCCCCCC/C=C\CCCCCCCC)COP(=O)(O)OCCN. The van der Waals surface area contributed by atoms with Crippen LogP contribution in [0.4, 0.5) is 0 Å². The van der Waals surface area contributed by atoms with Gasteiger partial charge in [0.05, 0.1) is 13.2 Å². The average molecular weight is 1100 g/mol. The van der Waals surface area contributed by atoms with Gasteiger partial charge in [-0.1, -0.05) is 286 Å². The highest BCUT2D eigenvalue weighted by atomic mass is 31.2. The van der Waals surface area contributed by atoms with Crippen molar-refractivity contribution in [2.24, 2.45) is 5.73 Å². The van der Waals surface area contributed by atoms with Crippen molar-refractivity contribution in [3.05, 3.63) is 72.9 Å². The van der Waals surface area contributed by atoms with Crippen molar-refractivity contribution in [1.82, 2.24) is 0 Å². The molecule has 0 heterocycles. The van der Waals surface area contributed by atoms with E-state index in [0.29, 0.717) is 6.42 Å². The van der Waals surface area contributed by atoms with Gasteiger partial charge in [0.15, 0.2) is 6.10 Å². The predicted molar refractivity (Wildman–Crippen MR) is 330 cm³/mol. The summed E-state index contributed by atoms with van der Waals surface area (Å²) >= 11 is 0. The molecule has 0 aromatic carbocycles. The van der Waals surface area contributed by atoms with Crippen molar-refractivity contribution in [1.29, 1.82) is 0 Å². The van der Waals surface area contributed by atoms with Crippen LogP contribution in [-0.2, 0) is 32.7 Å². The van der Waals surface area contributed by atoms with Crippen LogP contribution in [0.1, 0.15) is 309 Å². The first-order valence-corrected chi connectivity index (χ1v) is 33.9. The third-order valence-corrected chi connectivity index (χ3v) is 15.1. The fraction of sp³-hybridized carbons (Fsp3) is 0.791. The fourth-order valence-electron chi connectivity index (χ4n) is 9.31. The van der Waals surface area contributed by atoms with Crippen LogP contribution in [0.5, 0.6) is 0 Å². The molecule has 0 rings (SSSR count). The summed E-state index contributed by atoms with van der Waals surface area (Å²) in [6, 6.07) is 0. The second-order valence-electron chi connectivity index (χ2n) is 21.6. The van der Waals surface area contributed by atoms with Crippen molar-refractivity contribution in [2.75, 3.05) is 26.4 Å². The molecule has 9 nitrogen and oxygen atoms in total. The summed E-state index contributed by atoms with van der Waals surface area (Å²) in [6.45, 7) is 3.66. The van der Waals surface area contributed by atoms with E-state index >= 15 is 0 Å². The van der Waals surface area contributed by atoms with Crippen LogP contribution in [0.15, 0.2) is 72.9 Å². The standard InChI is InChI=1S/C67H122NO8P/c1-3-5-7-9-11-13-15-17-19-21-22-23-24-25-26-27-28-29-30-31-32-33-34-35-36-37-38-39-40-41-42-44-46-48-50-52-54-56-58-60-67(70)76-65(64-75-77(71,72)74-62-61-68)63-73-66(69)59-57-55-53-51-49-47-45-43-20-18-16-14-12-10-8-6-4-2/h5,7,11,13,17-20,22-23,25-26,65H,3-4,6,8-10,12,14-16,21,24,27-64,68H2,1-2H3,(H,71,72)/b7-5-,13-11-,19-17-,20-18-,23-22-,26-25-. The zero-order valence-electron chi connectivity index (χ0n) is 50.2. The van der Waals surface area contributed by atoms with Crippen molar-refractivity contribution in [3.8, 4) is 0 Å². The molecule has 0 spiro atoms. The number of carbonyl (C=O) groups excluding carboxylic acids is 2. The number of nitrogens with two attached hydrogens (primary N) is 1. The van der Waals surface area contributed by atoms with Gasteiger partial charge < -0.3 is 20.1 Å². The predicted octanol–water partition coefficient (Wildman–Crippen LogP) is 20.9. The smallest absolute Gasteiger partial charge is 0.462 e. The summed E-state index contributed by atoms with van der Waals surface area (Å²) in [5, 5.41) is 0. The molecule has 0 aromatic rings.